The number of anilines is 1. The Bertz CT molecular complexity index is 720. The lowest BCUT2D eigenvalue weighted by Crippen LogP contribution is -2.18. The van der Waals surface area contributed by atoms with Crippen molar-refractivity contribution in [3.05, 3.63) is 64.7 Å². The van der Waals surface area contributed by atoms with Crippen molar-refractivity contribution >= 4 is 23.4 Å². The van der Waals surface area contributed by atoms with Crippen LogP contribution in [0.25, 0.3) is 11.8 Å². The van der Waals surface area contributed by atoms with Crippen LogP contribution in [-0.2, 0) is 6.54 Å². The van der Waals surface area contributed by atoms with Crippen molar-refractivity contribution in [1.29, 1.82) is 0 Å². The Balaban J connectivity index is 2.10. The molecule has 4 nitrogen and oxygen atoms in total. The summed E-state index contributed by atoms with van der Waals surface area (Å²) in [5.74, 6) is -1.01. The van der Waals surface area contributed by atoms with Gasteiger partial charge >= 0.3 is 5.97 Å². The lowest BCUT2D eigenvalue weighted by Gasteiger charge is -2.20. The lowest BCUT2D eigenvalue weighted by atomic mass is 9.98. The summed E-state index contributed by atoms with van der Waals surface area (Å²) in [7, 11) is 0. The summed E-state index contributed by atoms with van der Waals surface area (Å²) in [6, 6.07) is 13.1. The molecule has 1 aliphatic heterocycles. The summed E-state index contributed by atoms with van der Waals surface area (Å²) >= 11 is 0. The third kappa shape index (κ3) is 2.01. The summed E-state index contributed by atoms with van der Waals surface area (Å²) in [6.45, 7) is 0.707. The van der Waals surface area contributed by atoms with Crippen molar-refractivity contribution in [2.75, 3.05) is 5.73 Å². The average Bonchev–Trinajstić information content (AvgIpc) is 2.46. The largest absolute Gasteiger partial charge is 0.478 e. The fraction of sp³-hybridized carbons (Fsp3) is 0.0625. The Morgan fingerprint density at radius 3 is 2.75 bits per heavy atom. The van der Waals surface area contributed by atoms with Crippen molar-refractivity contribution in [2.45, 2.75) is 6.54 Å². The van der Waals surface area contributed by atoms with Crippen molar-refractivity contribution in [3.63, 3.8) is 0 Å². The molecule has 2 aromatic carbocycles. The maximum atomic E-state index is 11.1. The number of para-hydroxylation sites is 1. The first-order valence-corrected chi connectivity index (χ1v) is 6.32. The number of fused-ring (bicyclic) bond motifs is 1. The van der Waals surface area contributed by atoms with E-state index in [0.717, 1.165) is 16.8 Å². The molecule has 0 saturated carbocycles. The molecular formula is C16H14N2O2. The molecule has 0 saturated heterocycles. The standard InChI is InChI=1S/C16H14N2O2/c17-15-12(6-3-7-13(15)16(19)20)14-8-10-4-1-2-5-11(10)9-18-14/h1-8,18H,9,17H2,(H,19,20). The highest BCUT2D eigenvalue weighted by molar-refractivity contribution is 5.98. The first-order chi connectivity index (χ1) is 9.66. The van der Waals surface area contributed by atoms with E-state index in [1.807, 2.05) is 30.3 Å². The second-order valence-electron chi connectivity index (χ2n) is 4.68. The predicted molar refractivity (Wildman–Crippen MR) is 79.0 cm³/mol. The van der Waals surface area contributed by atoms with Gasteiger partial charge in [0, 0.05) is 17.8 Å². The van der Waals surface area contributed by atoms with Crippen LogP contribution in [0.1, 0.15) is 27.0 Å². The van der Waals surface area contributed by atoms with Gasteiger partial charge in [-0.05, 0) is 23.3 Å². The van der Waals surface area contributed by atoms with Crippen LogP contribution in [-0.4, -0.2) is 11.1 Å². The molecule has 0 aliphatic carbocycles. The SMILES string of the molecule is Nc1c(C(=O)O)cccc1C1=Cc2ccccc2CN1. The van der Waals surface area contributed by atoms with Crippen molar-refractivity contribution in [1.82, 2.24) is 5.32 Å². The van der Waals surface area contributed by atoms with E-state index >= 15 is 0 Å². The van der Waals surface area contributed by atoms with E-state index in [4.69, 9.17) is 10.8 Å². The van der Waals surface area contributed by atoms with Gasteiger partial charge in [0.1, 0.15) is 0 Å². The Morgan fingerprint density at radius 2 is 1.95 bits per heavy atom. The lowest BCUT2D eigenvalue weighted by molar-refractivity contribution is 0.0698. The molecule has 4 heteroatoms. The minimum Gasteiger partial charge on any atom is -0.478 e. The van der Waals surface area contributed by atoms with Gasteiger partial charge in [-0.3, -0.25) is 0 Å². The summed E-state index contributed by atoms with van der Waals surface area (Å²) in [5, 5.41) is 12.4. The summed E-state index contributed by atoms with van der Waals surface area (Å²) < 4.78 is 0. The molecule has 1 aliphatic rings. The maximum Gasteiger partial charge on any atom is 0.337 e. The summed E-state index contributed by atoms with van der Waals surface area (Å²) in [4.78, 5) is 11.1. The highest BCUT2D eigenvalue weighted by Gasteiger charge is 2.16. The molecule has 1 heterocycles. The maximum absolute atomic E-state index is 11.1. The number of rotatable bonds is 2. The van der Waals surface area contributed by atoms with Gasteiger partial charge in [0.05, 0.1) is 11.3 Å². The van der Waals surface area contributed by atoms with Crippen LogP contribution in [0.2, 0.25) is 0 Å². The van der Waals surface area contributed by atoms with E-state index in [1.165, 1.54) is 11.6 Å². The molecule has 3 rings (SSSR count). The first kappa shape index (κ1) is 12.3. The molecule has 0 radical (unpaired) electrons. The van der Waals surface area contributed by atoms with Gasteiger partial charge in [-0.1, -0.05) is 36.4 Å². The smallest absolute Gasteiger partial charge is 0.337 e. The molecular weight excluding hydrogens is 252 g/mol. The molecule has 20 heavy (non-hydrogen) atoms. The monoisotopic (exact) mass is 266 g/mol. The van der Waals surface area contributed by atoms with Gasteiger partial charge in [0.2, 0.25) is 0 Å². The molecule has 0 amide bonds. The van der Waals surface area contributed by atoms with Gasteiger partial charge in [-0.25, -0.2) is 4.79 Å². The second-order valence-corrected chi connectivity index (χ2v) is 4.68. The van der Waals surface area contributed by atoms with Crippen molar-refractivity contribution < 1.29 is 9.90 Å². The molecule has 0 aromatic heterocycles. The minimum absolute atomic E-state index is 0.129. The van der Waals surface area contributed by atoms with Crippen LogP contribution in [0, 0.1) is 0 Å². The van der Waals surface area contributed by atoms with Gasteiger partial charge in [0.15, 0.2) is 0 Å². The van der Waals surface area contributed by atoms with Crippen LogP contribution < -0.4 is 11.1 Å². The second kappa shape index (κ2) is 4.74. The van der Waals surface area contributed by atoms with E-state index in [2.05, 4.69) is 11.4 Å². The number of nitrogens with two attached hydrogens (primary N) is 1. The van der Waals surface area contributed by atoms with Crippen LogP contribution >= 0.6 is 0 Å². The number of nitrogen functional groups attached to an aromatic ring is 1. The number of carboxylic acids is 1. The third-order valence-corrected chi connectivity index (χ3v) is 3.45. The topological polar surface area (TPSA) is 75.4 Å². The number of carboxylic acid groups (broad SMARTS) is 1. The van der Waals surface area contributed by atoms with Crippen LogP contribution in [0.3, 0.4) is 0 Å². The number of hydrogen-bond donors (Lipinski definition) is 3. The zero-order valence-electron chi connectivity index (χ0n) is 10.8. The van der Waals surface area contributed by atoms with E-state index in [1.54, 1.807) is 6.07 Å². The summed E-state index contributed by atoms with van der Waals surface area (Å²) in [5.41, 5.74) is 10.3. The van der Waals surface area contributed by atoms with Crippen LogP contribution in [0.15, 0.2) is 42.5 Å². The van der Waals surface area contributed by atoms with Gasteiger partial charge < -0.3 is 16.2 Å². The molecule has 2 aromatic rings. The van der Waals surface area contributed by atoms with Gasteiger partial charge in [-0.2, -0.15) is 0 Å². The molecule has 0 unspecified atom stereocenters. The van der Waals surface area contributed by atoms with Gasteiger partial charge in [-0.15, -0.1) is 0 Å². The van der Waals surface area contributed by atoms with E-state index < -0.39 is 5.97 Å². The van der Waals surface area contributed by atoms with E-state index in [-0.39, 0.29) is 11.3 Å². The highest BCUT2D eigenvalue weighted by Crippen LogP contribution is 2.28. The zero-order chi connectivity index (χ0) is 14.1. The highest BCUT2D eigenvalue weighted by atomic mass is 16.4. The molecule has 4 N–H and O–H groups in total. The predicted octanol–water partition coefficient (Wildman–Crippen LogP) is 2.57. The molecule has 0 fully saturated rings. The zero-order valence-corrected chi connectivity index (χ0v) is 10.8. The summed E-state index contributed by atoms with van der Waals surface area (Å²) in [6.07, 6.45) is 2.00. The molecule has 100 valence electrons. The molecule has 0 spiro atoms. The van der Waals surface area contributed by atoms with E-state index in [9.17, 15) is 4.79 Å². The number of benzene rings is 2. The minimum atomic E-state index is -1.01. The van der Waals surface area contributed by atoms with E-state index in [0.29, 0.717) is 6.54 Å². The number of hydrogen-bond acceptors (Lipinski definition) is 3. The quantitative estimate of drug-likeness (QED) is 0.730. The fourth-order valence-corrected chi connectivity index (χ4v) is 2.39. The fourth-order valence-electron chi connectivity index (χ4n) is 2.39. The third-order valence-electron chi connectivity index (χ3n) is 3.45. The van der Waals surface area contributed by atoms with Crippen LogP contribution in [0.5, 0.6) is 0 Å². The molecule has 0 bridgehead atoms. The Labute approximate surface area is 116 Å². The van der Waals surface area contributed by atoms with Gasteiger partial charge in [0.25, 0.3) is 0 Å². The molecule has 0 atom stereocenters. The van der Waals surface area contributed by atoms with Crippen molar-refractivity contribution in [3.8, 4) is 0 Å². The van der Waals surface area contributed by atoms with Crippen LogP contribution in [0.4, 0.5) is 5.69 Å². The number of nitrogens with one attached hydrogen (secondary N) is 1. The average molecular weight is 266 g/mol. The Hall–Kier alpha value is -2.75. The van der Waals surface area contributed by atoms with Crippen molar-refractivity contribution in [2.24, 2.45) is 0 Å². The first-order valence-electron chi connectivity index (χ1n) is 6.32. The Morgan fingerprint density at radius 1 is 1.15 bits per heavy atom. The Kier molecular flexibility index (Phi) is 2.91. The number of aromatic carboxylic acids is 1. The normalized spacial score (nSPS) is 13.1. The number of carbonyl (C=O) groups is 1.